The third kappa shape index (κ3) is 30.8. The van der Waals surface area contributed by atoms with Crippen molar-refractivity contribution in [3.05, 3.63) is 0 Å². The van der Waals surface area contributed by atoms with Crippen LogP contribution < -0.4 is 5.73 Å². The van der Waals surface area contributed by atoms with Gasteiger partial charge in [-0.25, -0.2) is 0 Å². The van der Waals surface area contributed by atoms with Gasteiger partial charge in [0.25, 0.3) is 0 Å². The molecule has 8 nitrogen and oxygen atoms in total. The van der Waals surface area contributed by atoms with Crippen molar-refractivity contribution in [2.24, 2.45) is 5.73 Å². The third-order valence-corrected chi connectivity index (χ3v) is 6.27. The van der Waals surface area contributed by atoms with Gasteiger partial charge in [-0.2, -0.15) is 0 Å². The average Bonchev–Trinajstić information content (AvgIpc) is 2.81. The van der Waals surface area contributed by atoms with E-state index in [2.05, 4.69) is 22.2 Å². The molecule has 0 aliphatic carbocycles. The van der Waals surface area contributed by atoms with Crippen LogP contribution in [0.5, 0.6) is 0 Å². The Morgan fingerprint density at radius 3 is 1.11 bits per heavy atom. The molecule has 9 heteroatoms. The largest absolute Gasteiger partial charge is 0.506 e. The first kappa shape index (κ1) is 36.0. The van der Waals surface area contributed by atoms with Crippen molar-refractivity contribution in [2.45, 2.75) is 142 Å². The summed E-state index contributed by atoms with van der Waals surface area (Å²) in [7, 11) is -4.60. The van der Waals surface area contributed by atoms with E-state index in [1.54, 1.807) is 0 Å². The van der Waals surface area contributed by atoms with Crippen molar-refractivity contribution < 1.29 is 31.5 Å². The summed E-state index contributed by atoms with van der Waals surface area (Å²) in [5, 5.41) is 7.75. The molecular weight excluding hydrogens is 470 g/mol. The zero-order valence-electron chi connectivity index (χ0n) is 22.4. The number of hydrogen-bond acceptors (Lipinski definition) is 8. The first-order valence-corrected chi connectivity index (χ1v) is 15.2. The summed E-state index contributed by atoms with van der Waals surface area (Å²) in [6.07, 6.45) is 19.7. The summed E-state index contributed by atoms with van der Waals surface area (Å²) in [5.74, 6) is -1.72. The number of rotatable bonds is 23. The molecule has 0 aromatic heterocycles. The van der Waals surface area contributed by atoms with Crippen LogP contribution in [0.15, 0.2) is 0 Å². The van der Waals surface area contributed by atoms with E-state index in [0.717, 1.165) is 38.5 Å². The summed E-state index contributed by atoms with van der Waals surface area (Å²) >= 11 is 0. The Balaban J connectivity index is 0. The monoisotopic (exact) mass is 523 g/mol. The van der Waals surface area contributed by atoms with Gasteiger partial charge in [0.15, 0.2) is 0 Å². The third-order valence-electron chi connectivity index (χ3n) is 5.49. The van der Waals surface area contributed by atoms with Gasteiger partial charge in [0.2, 0.25) is 0 Å². The van der Waals surface area contributed by atoms with Gasteiger partial charge in [0.1, 0.15) is 0 Å². The van der Waals surface area contributed by atoms with Gasteiger partial charge in [-0.1, -0.05) is 117 Å². The summed E-state index contributed by atoms with van der Waals surface area (Å²) in [6, 6.07) is 0. The van der Waals surface area contributed by atoms with Crippen LogP contribution >= 0.6 is 0 Å². The Kier molecular flexibility index (Phi) is 28.2. The van der Waals surface area contributed by atoms with Crippen LogP contribution in [0.25, 0.3) is 0 Å². The fraction of sp³-hybridized carbons (Fsp3) is 0.923. The van der Waals surface area contributed by atoms with Crippen molar-refractivity contribution in [3.8, 4) is 0 Å². The molecule has 0 bridgehead atoms. The molecule has 0 aliphatic heterocycles. The molecule has 0 rings (SSSR count). The molecule has 3 N–H and O–H groups in total. The van der Waals surface area contributed by atoms with Crippen LogP contribution in [-0.2, 0) is 28.4 Å². The SMILES string of the molecule is CCCCCCCCCCCC(=O)OS(=O)(=O)OC(=O)CCCCCCCCCCC.NCCO. The van der Waals surface area contributed by atoms with E-state index in [1.165, 1.54) is 64.2 Å². The maximum atomic E-state index is 11.7. The van der Waals surface area contributed by atoms with Gasteiger partial charge < -0.3 is 19.2 Å². The highest BCUT2D eigenvalue weighted by Crippen LogP contribution is 2.13. The highest BCUT2D eigenvalue weighted by molar-refractivity contribution is 7.82. The molecule has 0 aromatic carbocycles. The Labute approximate surface area is 215 Å². The normalized spacial score (nSPS) is 11.0. The number of carbonyl (C=O) groups is 2. The molecule has 210 valence electrons. The zero-order chi connectivity index (χ0) is 26.6. The van der Waals surface area contributed by atoms with E-state index in [1.807, 2.05) is 0 Å². The first-order chi connectivity index (χ1) is 16.8. The molecule has 0 heterocycles. The molecule has 0 fully saturated rings. The van der Waals surface area contributed by atoms with Crippen LogP contribution in [-0.4, -0.2) is 38.6 Å². The molecule has 0 unspecified atom stereocenters. The molecule has 0 atom stereocenters. The zero-order valence-corrected chi connectivity index (χ0v) is 23.3. The highest BCUT2D eigenvalue weighted by atomic mass is 32.3. The van der Waals surface area contributed by atoms with Gasteiger partial charge in [-0.3, -0.25) is 9.59 Å². The lowest BCUT2D eigenvalue weighted by Crippen LogP contribution is -2.19. The van der Waals surface area contributed by atoms with Gasteiger partial charge >= 0.3 is 22.3 Å². The quantitative estimate of drug-likeness (QED) is 0.154. The Morgan fingerprint density at radius 1 is 0.600 bits per heavy atom. The van der Waals surface area contributed by atoms with Crippen molar-refractivity contribution in [1.82, 2.24) is 0 Å². The molecule has 35 heavy (non-hydrogen) atoms. The van der Waals surface area contributed by atoms with Crippen LogP contribution in [0.1, 0.15) is 142 Å². The first-order valence-electron chi connectivity index (χ1n) is 13.8. The second kappa shape index (κ2) is 27.4. The molecule has 0 radical (unpaired) electrons. The topological polar surface area (TPSA) is 133 Å². The Morgan fingerprint density at radius 2 is 0.857 bits per heavy atom. The molecular formula is C26H53NO7S. The number of aliphatic hydroxyl groups is 1. The Bertz CT molecular complexity index is 538. The fourth-order valence-corrected chi connectivity index (χ4v) is 4.14. The van der Waals surface area contributed by atoms with E-state index in [-0.39, 0.29) is 19.4 Å². The summed E-state index contributed by atoms with van der Waals surface area (Å²) in [5.41, 5.74) is 4.78. The molecule has 0 aliphatic rings. The van der Waals surface area contributed by atoms with Gasteiger partial charge in [0, 0.05) is 19.4 Å². The molecule has 0 amide bonds. The molecule has 0 spiro atoms. The second-order valence-corrected chi connectivity index (χ2v) is 10.1. The number of carbonyl (C=O) groups excluding carboxylic acids is 2. The van der Waals surface area contributed by atoms with E-state index >= 15 is 0 Å². The van der Waals surface area contributed by atoms with Gasteiger partial charge in [-0.05, 0) is 12.8 Å². The van der Waals surface area contributed by atoms with Crippen LogP contribution in [0.3, 0.4) is 0 Å². The maximum Gasteiger partial charge on any atom is 0.506 e. The predicted octanol–water partition coefficient (Wildman–Crippen LogP) is 6.10. The average molecular weight is 524 g/mol. The van der Waals surface area contributed by atoms with E-state index < -0.39 is 22.3 Å². The van der Waals surface area contributed by atoms with E-state index in [9.17, 15) is 18.0 Å². The number of hydrogen-bond donors (Lipinski definition) is 2. The lowest BCUT2D eigenvalue weighted by Gasteiger charge is -2.06. The highest BCUT2D eigenvalue weighted by Gasteiger charge is 2.22. The van der Waals surface area contributed by atoms with Crippen molar-refractivity contribution >= 4 is 22.3 Å². The van der Waals surface area contributed by atoms with Crippen molar-refractivity contribution in [1.29, 1.82) is 0 Å². The summed E-state index contributed by atoms with van der Waals surface area (Å²) in [6.45, 7) is 4.86. The van der Waals surface area contributed by atoms with Crippen molar-refractivity contribution in [2.75, 3.05) is 13.2 Å². The van der Waals surface area contributed by atoms with Crippen molar-refractivity contribution in [3.63, 3.8) is 0 Å². The minimum Gasteiger partial charge on any atom is -0.395 e. The van der Waals surface area contributed by atoms with E-state index in [0.29, 0.717) is 19.4 Å². The molecule has 0 saturated carbocycles. The van der Waals surface area contributed by atoms with Crippen LogP contribution in [0.2, 0.25) is 0 Å². The lowest BCUT2D eigenvalue weighted by atomic mass is 10.1. The smallest absolute Gasteiger partial charge is 0.395 e. The maximum absolute atomic E-state index is 11.7. The molecule has 0 saturated heterocycles. The standard InChI is InChI=1S/C24H46O6S.C2H7NO/c1-3-5-7-9-11-13-15-17-19-21-23(25)29-31(27,28)30-24(26)22-20-18-16-14-12-10-8-6-4-2;3-1-2-4/h3-22H2,1-2H3;4H,1-3H2. The minimum absolute atomic E-state index is 0.0187. The lowest BCUT2D eigenvalue weighted by molar-refractivity contribution is -0.138. The van der Waals surface area contributed by atoms with Gasteiger partial charge in [0.05, 0.1) is 6.61 Å². The Hall–Kier alpha value is -1.19. The predicted molar refractivity (Wildman–Crippen MR) is 141 cm³/mol. The van der Waals surface area contributed by atoms with E-state index in [4.69, 9.17) is 10.8 Å². The molecule has 0 aromatic rings. The number of nitrogens with two attached hydrogens (primary N) is 1. The minimum atomic E-state index is -4.60. The second-order valence-electron chi connectivity index (χ2n) is 8.99. The van der Waals surface area contributed by atoms with Crippen LogP contribution in [0.4, 0.5) is 0 Å². The summed E-state index contributed by atoms with van der Waals surface area (Å²) in [4.78, 5) is 23.4. The summed E-state index contributed by atoms with van der Waals surface area (Å²) < 4.78 is 32.1. The van der Waals surface area contributed by atoms with Gasteiger partial charge in [-0.15, -0.1) is 8.42 Å². The van der Waals surface area contributed by atoms with Crippen LogP contribution in [0, 0.1) is 0 Å². The fourth-order valence-electron chi connectivity index (χ4n) is 3.49. The number of aliphatic hydroxyl groups excluding tert-OH is 1. The number of unbranched alkanes of at least 4 members (excludes halogenated alkanes) is 16.